The summed E-state index contributed by atoms with van der Waals surface area (Å²) in [4.78, 5) is 16.6. The number of aryl methyl sites for hydroxylation is 2. The number of benzene rings is 1. The number of carbonyl (C=O) groups is 1. The Balaban J connectivity index is 1.29. The van der Waals surface area contributed by atoms with Gasteiger partial charge in [0.05, 0.1) is 5.69 Å². The van der Waals surface area contributed by atoms with Crippen LogP contribution in [0.3, 0.4) is 0 Å². The van der Waals surface area contributed by atoms with Crippen LogP contribution in [0.15, 0.2) is 48.7 Å². The van der Waals surface area contributed by atoms with Crippen LogP contribution in [-0.2, 0) is 11.2 Å². The van der Waals surface area contributed by atoms with E-state index in [2.05, 4.69) is 20.2 Å². The highest BCUT2D eigenvalue weighted by atomic mass is 35.5. The fourth-order valence-corrected chi connectivity index (χ4v) is 3.65. The van der Waals surface area contributed by atoms with Gasteiger partial charge >= 0.3 is 0 Å². The molecule has 0 bridgehead atoms. The van der Waals surface area contributed by atoms with Gasteiger partial charge in [0.15, 0.2) is 11.6 Å². The molecule has 0 spiro atoms. The molecule has 0 aliphatic carbocycles. The molecule has 2 aromatic heterocycles. The highest BCUT2D eigenvalue weighted by Crippen LogP contribution is 2.16. The van der Waals surface area contributed by atoms with E-state index in [0.29, 0.717) is 36.8 Å². The summed E-state index contributed by atoms with van der Waals surface area (Å²) in [5.41, 5.74) is 2.03. The van der Waals surface area contributed by atoms with E-state index in [1.54, 1.807) is 4.68 Å². The number of aromatic nitrogens is 4. The van der Waals surface area contributed by atoms with E-state index >= 15 is 0 Å². The number of nitrogens with zero attached hydrogens (tertiary/aromatic N) is 6. The largest absolute Gasteiger partial charge is 0.352 e. The van der Waals surface area contributed by atoms with Crippen molar-refractivity contribution >= 4 is 23.3 Å². The number of carbonyl (C=O) groups excluding carboxylic acids is 1. The molecule has 29 heavy (non-hydrogen) atoms. The fraction of sp³-hybridized carbons (Fsp3) is 0.333. The Kier molecular flexibility index (Phi) is 5.76. The van der Waals surface area contributed by atoms with E-state index in [0.717, 1.165) is 30.2 Å². The van der Waals surface area contributed by atoms with Crippen molar-refractivity contribution in [2.45, 2.75) is 19.8 Å². The van der Waals surface area contributed by atoms with E-state index in [-0.39, 0.29) is 5.91 Å². The van der Waals surface area contributed by atoms with Gasteiger partial charge in [-0.25, -0.2) is 4.68 Å². The van der Waals surface area contributed by atoms with Crippen LogP contribution in [0.25, 0.3) is 5.82 Å². The molecule has 3 heterocycles. The summed E-state index contributed by atoms with van der Waals surface area (Å²) >= 11 is 6.01. The second kappa shape index (κ2) is 8.61. The van der Waals surface area contributed by atoms with Gasteiger partial charge in [-0.1, -0.05) is 23.7 Å². The number of anilines is 1. The molecule has 0 N–H and O–H groups in total. The topological polar surface area (TPSA) is 67.2 Å². The minimum absolute atomic E-state index is 0.181. The number of rotatable bonds is 5. The van der Waals surface area contributed by atoms with Gasteiger partial charge in [0.2, 0.25) is 5.91 Å². The number of hydrogen-bond acceptors (Lipinski definition) is 5. The molecule has 0 saturated carbocycles. The molecule has 7 nitrogen and oxygen atoms in total. The molecule has 0 unspecified atom stereocenters. The van der Waals surface area contributed by atoms with Gasteiger partial charge in [-0.3, -0.25) is 4.79 Å². The highest BCUT2D eigenvalue weighted by Gasteiger charge is 2.22. The first-order valence-corrected chi connectivity index (χ1v) is 10.1. The van der Waals surface area contributed by atoms with Crippen LogP contribution in [0.4, 0.5) is 5.82 Å². The van der Waals surface area contributed by atoms with E-state index in [1.807, 2.05) is 60.5 Å². The minimum Gasteiger partial charge on any atom is -0.352 e. The molecule has 1 aliphatic rings. The molecule has 4 rings (SSSR count). The second-order valence-electron chi connectivity index (χ2n) is 7.15. The Morgan fingerprint density at radius 2 is 1.79 bits per heavy atom. The van der Waals surface area contributed by atoms with Crippen molar-refractivity contribution in [3.8, 4) is 5.82 Å². The van der Waals surface area contributed by atoms with Gasteiger partial charge in [-0.2, -0.15) is 5.10 Å². The zero-order chi connectivity index (χ0) is 20.2. The average Bonchev–Trinajstić information content (AvgIpc) is 3.19. The second-order valence-corrected chi connectivity index (χ2v) is 7.59. The summed E-state index contributed by atoms with van der Waals surface area (Å²) in [5.74, 6) is 1.69. The highest BCUT2D eigenvalue weighted by molar-refractivity contribution is 6.30. The van der Waals surface area contributed by atoms with Crippen molar-refractivity contribution in [2.75, 3.05) is 31.1 Å². The quantitative estimate of drug-likeness (QED) is 0.647. The number of halogens is 1. The third-order valence-electron chi connectivity index (χ3n) is 5.07. The van der Waals surface area contributed by atoms with Crippen LogP contribution in [0.2, 0.25) is 5.02 Å². The van der Waals surface area contributed by atoms with Crippen LogP contribution in [-0.4, -0.2) is 57.0 Å². The van der Waals surface area contributed by atoms with Crippen molar-refractivity contribution in [1.29, 1.82) is 0 Å². The Hall–Kier alpha value is -2.93. The molecule has 1 fully saturated rings. The van der Waals surface area contributed by atoms with Crippen LogP contribution in [0, 0.1) is 6.92 Å². The maximum Gasteiger partial charge on any atom is 0.223 e. The molecular weight excluding hydrogens is 388 g/mol. The first-order chi connectivity index (χ1) is 14.1. The maximum absolute atomic E-state index is 12.5. The summed E-state index contributed by atoms with van der Waals surface area (Å²) in [5, 5.41) is 13.7. The Bertz CT molecular complexity index is 979. The lowest BCUT2D eigenvalue weighted by Gasteiger charge is -2.35. The monoisotopic (exact) mass is 410 g/mol. The molecule has 3 aromatic rings. The third-order valence-corrected chi connectivity index (χ3v) is 5.30. The first-order valence-electron chi connectivity index (χ1n) is 9.72. The minimum atomic E-state index is 0.181. The molecule has 0 atom stereocenters. The molecule has 150 valence electrons. The van der Waals surface area contributed by atoms with E-state index < -0.39 is 0 Å². The predicted octanol–water partition coefficient (Wildman–Crippen LogP) is 2.91. The normalized spacial score (nSPS) is 14.3. The van der Waals surface area contributed by atoms with Crippen molar-refractivity contribution in [3.63, 3.8) is 0 Å². The van der Waals surface area contributed by atoms with Gasteiger partial charge in [-0.05, 0) is 49.2 Å². The lowest BCUT2D eigenvalue weighted by Crippen LogP contribution is -2.49. The first kappa shape index (κ1) is 19.4. The predicted molar refractivity (Wildman–Crippen MR) is 112 cm³/mol. The Morgan fingerprint density at radius 1 is 1.03 bits per heavy atom. The molecular formula is C21H23ClN6O. The van der Waals surface area contributed by atoms with Crippen LogP contribution in [0.1, 0.15) is 17.7 Å². The SMILES string of the molecule is Cc1ccn(-c2ccc(N3CCN(C(=O)CCc4cccc(Cl)c4)CC3)nn2)n1. The summed E-state index contributed by atoms with van der Waals surface area (Å²) in [6, 6.07) is 13.5. The summed E-state index contributed by atoms with van der Waals surface area (Å²) < 4.78 is 1.71. The van der Waals surface area contributed by atoms with Crippen LogP contribution >= 0.6 is 11.6 Å². The van der Waals surface area contributed by atoms with Crippen LogP contribution < -0.4 is 4.90 Å². The zero-order valence-electron chi connectivity index (χ0n) is 16.3. The smallest absolute Gasteiger partial charge is 0.223 e. The molecule has 0 radical (unpaired) electrons. The molecule has 1 amide bonds. The van der Waals surface area contributed by atoms with Crippen molar-refractivity contribution in [3.05, 3.63) is 64.9 Å². The van der Waals surface area contributed by atoms with Gasteiger partial charge in [0.1, 0.15) is 0 Å². The van der Waals surface area contributed by atoms with Gasteiger partial charge in [-0.15, -0.1) is 10.2 Å². The number of piperazine rings is 1. The summed E-state index contributed by atoms with van der Waals surface area (Å²) in [7, 11) is 0. The number of amides is 1. The fourth-order valence-electron chi connectivity index (χ4n) is 3.44. The zero-order valence-corrected chi connectivity index (χ0v) is 17.1. The number of hydrogen-bond donors (Lipinski definition) is 0. The van der Waals surface area contributed by atoms with Gasteiger partial charge in [0, 0.05) is 43.8 Å². The Morgan fingerprint density at radius 3 is 2.45 bits per heavy atom. The lowest BCUT2D eigenvalue weighted by atomic mass is 10.1. The maximum atomic E-state index is 12.5. The van der Waals surface area contributed by atoms with Crippen molar-refractivity contribution < 1.29 is 4.79 Å². The van der Waals surface area contributed by atoms with E-state index in [1.165, 1.54) is 0 Å². The molecule has 8 heteroatoms. The molecule has 1 aromatic carbocycles. The summed E-state index contributed by atoms with van der Waals surface area (Å²) in [6.07, 6.45) is 3.07. The third kappa shape index (κ3) is 4.74. The van der Waals surface area contributed by atoms with Crippen LogP contribution in [0.5, 0.6) is 0 Å². The van der Waals surface area contributed by atoms with Crippen molar-refractivity contribution in [2.24, 2.45) is 0 Å². The lowest BCUT2D eigenvalue weighted by molar-refractivity contribution is -0.131. The standard InChI is InChI=1S/C21H23ClN6O/c1-16-9-10-28(25-16)20-7-6-19(23-24-20)26-11-13-27(14-12-26)21(29)8-5-17-3-2-4-18(22)15-17/h2-4,6-7,9-10,15H,5,8,11-14H2,1H3. The average molecular weight is 411 g/mol. The van der Waals surface area contributed by atoms with E-state index in [4.69, 9.17) is 11.6 Å². The molecule has 1 saturated heterocycles. The summed E-state index contributed by atoms with van der Waals surface area (Å²) in [6.45, 7) is 4.82. The molecule has 1 aliphatic heterocycles. The van der Waals surface area contributed by atoms with Gasteiger partial charge in [0.25, 0.3) is 0 Å². The van der Waals surface area contributed by atoms with Crippen molar-refractivity contribution in [1.82, 2.24) is 24.9 Å². The van der Waals surface area contributed by atoms with Gasteiger partial charge < -0.3 is 9.80 Å². The van der Waals surface area contributed by atoms with E-state index in [9.17, 15) is 4.79 Å². The Labute approximate surface area is 174 Å².